The van der Waals surface area contributed by atoms with E-state index in [-0.39, 0.29) is 0 Å². The molecule has 164 valence electrons. The number of aliphatic hydroxyl groups excluding tert-OH is 1. The fourth-order valence-corrected chi connectivity index (χ4v) is 4.05. The number of aromatic nitrogens is 1. The maximum absolute atomic E-state index is 12.6. The Morgan fingerprint density at radius 3 is 2.47 bits per heavy atom. The summed E-state index contributed by atoms with van der Waals surface area (Å²) in [7, 11) is -2.40. The van der Waals surface area contributed by atoms with Crippen LogP contribution in [0.1, 0.15) is 25.5 Å². The number of amides is 2. The molecule has 2 amide bonds. The molecule has 2 heterocycles. The Morgan fingerprint density at radius 1 is 1.09 bits per heavy atom. The Hall–Kier alpha value is -3.32. The zero-order chi connectivity index (χ0) is 22.9. The van der Waals surface area contributed by atoms with Crippen molar-refractivity contribution < 1.29 is 24.1 Å². The minimum Gasteiger partial charge on any atom is -0.485 e. The molecule has 0 fully saturated rings. The second-order valence-electron chi connectivity index (χ2n) is 8.01. The predicted octanol–water partition coefficient (Wildman–Crippen LogP) is 3.50. The van der Waals surface area contributed by atoms with Gasteiger partial charge in [0, 0.05) is 11.8 Å². The second kappa shape index (κ2) is 8.67. The molecule has 9 heteroatoms. The van der Waals surface area contributed by atoms with Gasteiger partial charge >= 0.3 is 14.1 Å². The molecule has 0 aliphatic carbocycles. The largest absolute Gasteiger partial charge is 0.546 e. The molecule has 4 N–H and O–H groups in total. The minimum absolute atomic E-state index is 0.341. The first kappa shape index (κ1) is 21.9. The van der Waals surface area contributed by atoms with Crippen molar-refractivity contribution >= 4 is 25.2 Å². The van der Waals surface area contributed by atoms with Crippen molar-refractivity contribution in [3.8, 4) is 16.9 Å². The number of anilines is 1. The molecule has 8 nitrogen and oxygen atoms in total. The number of rotatable bonds is 4. The van der Waals surface area contributed by atoms with E-state index in [1.54, 1.807) is 68.6 Å². The van der Waals surface area contributed by atoms with Gasteiger partial charge < -0.3 is 15.2 Å². The number of urea groups is 1. The van der Waals surface area contributed by atoms with Gasteiger partial charge in [-0.05, 0) is 78.1 Å². The number of benzene rings is 2. The highest BCUT2D eigenvalue weighted by molar-refractivity contribution is 7.47. The van der Waals surface area contributed by atoms with Crippen LogP contribution in [-0.2, 0) is 4.57 Å². The summed E-state index contributed by atoms with van der Waals surface area (Å²) < 4.78 is 17.3. The van der Waals surface area contributed by atoms with Crippen LogP contribution in [0.25, 0.3) is 11.1 Å². The molecule has 0 saturated heterocycles. The summed E-state index contributed by atoms with van der Waals surface area (Å²) >= 11 is 0. The van der Waals surface area contributed by atoms with Crippen molar-refractivity contribution in [1.29, 1.82) is 0 Å². The molecule has 0 saturated carbocycles. The van der Waals surface area contributed by atoms with E-state index >= 15 is 0 Å². The molecule has 2 unspecified atom stereocenters. The Bertz CT molecular complexity index is 1150. The van der Waals surface area contributed by atoms with Crippen LogP contribution in [0.3, 0.4) is 0 Å². The van der Waals surface area contributed by atoms with E-state index in [1.165, 1.54) is 0 Å². The highest BCUT2D eigenvalue weighted by Crippen LogP contribution is 2.41. The first-order chi connectivity index (χ1) is 15.2. The lowest BCUT2D eigenvalue weighted by Crippen LogP contribution is -2.54. The summed E-state index contributed by atoms with van der Waals surface area (Å²) in [5, 5.41) is 16.8. The molecule has 1 aliphatic heterocycles. The lowest BCUT2D eigenvalue weighted by atomic mass is 9.85. The fraction of sp³-hybridized carbons (Fsp3) is 0.217. The Labute approximate surface area is 186 Å². The van der Waals surface area contributed by atoms with Crippen LogP contribution in [0.5, 0.6) is 5.75 Å². The maximum atomic E-state index is 12.6. The van der Waals surface area contributed by atoms with Gasteiger partial charge in [-0.3, -0.25) is 5.32 Å². The molecule has 1 aliphatic rings. The van der Waals surface area contributed by atoms with E-state index in [2.05, 4.69) is 15.6 Å². The van der Waals surface area contributed by atoms with Crippen LogP contribution < -0.4 is 20.7 Å². The van der Waals surface area contributed by atoms with Crippen LogP contribution in [0.2, 0.25) is 0 Å². The van der Waals surface area contributed by atoms with E-state index in [4.69, 9.17) is 4.74 Å². The lowest BCUT2D eigenvalue weighted by Gasteiger charge is -2.42. The minimum atomic E-state index is -2.40. The van der Waals surface area contributed by atoms with Crippen LogP contribution in [0, 0.1) is 0 Å². The molecule has 1 aromatic heterocycles. The van der Waals surface area contributed by atoms with Crippen molar-refractivity contribution in [2.24, 2.45) is 0 Å². The molecule has 3 aromatic rings. The summed E-state index contributed by atoms with van der Waals surface area (Å²) in [6.07, 6.45) is 0.558. The van der Waals surface area contributed by atoms with Crippen molar-refractivity contribution in [3.63, 3.8) is 0 Å². The van der Waals surface area contributed by atoms with Gasteiger partial charge in [0.15, 0.2) is 0 Å². The van der Waals surface area contributed by atoms with Crippen LogP contribution in [-0.4, -0.2) is 32.7 Å². The number of nitrogens with one attached hydrogen (secondary N) is 2. The second-order valence-corrected chi connectivity index (χ2v) is 9.08. The van der Waals surface area contributed by atoms with E-state index in [0.717, 1.165) is 11.1 Å². The number of hydrogen-bond acceptors (Lipinski definition) is 5. The van der Waals surface area contributed by atoms with E-state index in [0.29, 0.717) is 22.4 Å². The number of carbonyl (C=O) groups is 1. The standard InChI is InChI=1S/C23H22N3O5P/c1-23(2)21(27)20(26-22(28)25-19-5-3-4-12-24-19)17-13-15(8-11-18(17)31-23)14-6-9-16(10-7-14)32(29)30/h3-13,20-21,27H,1-2H3,(H2-,24,25,26,28,29,30)/p+1/t20?,21-/m0/s1. The molecule has 3 atom stereocenters. The Kier molecular flexibility index (Phi) is 5.93. The number of pyridine rings is 1. The monoisotopic (exact) mass is 452 g/mol. The number of fused-ring (bicyclic) bond motifs is 1. The molecule has 4 rings (SSSR count). The summed E-state index contributed by atoms with van der Waals surface area (Å²) in [5.41, 5.74) is 1.34. The lowest BCUT2D eigenvalue weighted by molar-refractivity contribution is -0.0618. The van der Waals surface area contributed by atoms with Crippen LogP contribution in [0.4, 0.5) is 10.6 Å². The molecule has 32 heavy (non-hydrogen) atoms. The van der Waals surface area contributed by atoms with E-state index < -0.39 is 31.8 Å². The number of ether oxygens (including phenoxy) is 1. The normalized spacial score (nSPS) is 19.3. The Balaban J connectivity index is 1.65. The molecular weight excluding hydrogens is 429 g/mol. The van der Waals surface area contributed by atoms with E-state index in [9.17, 15) is 19.4 Å². The van der Waals surface area contributed by atoms with Gasteiger partial charge in [0.1, 0.15) is 23.3 Å². The van der Waals surface area contributed by atoms with Gasteiger partial charge in [-0.1, -0.05) is 12.1 Å². The number of aliphatic hydroxyl groups is 1. The average Bonchev–Trinajstić information content (AvgIpc) is 2.77. The summed E-state index contributed by atoms with van der Waals surface area (Å²) in [6, 6.07) is 16.1. The summed E-state index contributed by atoms with van der Waals surface area (Å²) in [6.45, 7) is 3.52. The zero-order valence-corrected chi connectivity index (χ0v) is 18.4. The van der Waals surface area contributed by atoms with Crippen molar-refractivity contribution in [2.45, 2.75) is 31.6 Å². The molecule has 2 aromatic carbocycles. The number of hydrogen-bond donors (Lipinski definition) is 4. The van der Waals surface area contributed by atoms with Gasteiger partial charge in [-0.25, -0.2) is 9.78 Å². The SMILES string of the molecule is CC1(C)Oc2ccc(-c3ccc([P+](=O)O)cc3)cc2C(NC(=O)Nc2ccccn2)[C@@H]1O. The zero-order valence-electron chi connectivity index (χ0n) is 17.5. The van der Waals surface area contributed by atoms with Crippen LogP contribution in [0.15, 0.2) is 66.9 Å². The van der Waals surface area contributed by atoms with E-state index in [1.807, 2.05) is 12.1 Å². The average molecular weight is 452 g/mol. The molecule has 0 bridgehead atoms. The van der Waals surface area contributed by atoms with Crippen LogP contribution >= 0.6 is 8.03 Å². The first-order valence-electron chi connectivity index (χ1n) is 10.0. The summed E-state index contributed by atoms with van der Waals surface area (Å²) in [5.74, 6) is 0.948. The van der Waals surface area contributed by atoms with Gasteiger partial charge in [-0.2, -0.15) is 4.89 Å². The highest BCUT2D eigenvalue weighted by atomic mass is 31.1. The number of carbonyl (C=O) groups excluding carboxylic acids is 1. The first-order valence-corrected chi connectivity index (χ1v) is 11.2. The third-order valence-corrected chi connectivity index (χ3v) is 6.10. The predicted molar refractivity (Wildman–Crippen MR) is 121 cm³/mol. The highest BCUT2D eigenvalue weighted by Gasteiger charge is 2.43. The van der Waals surface area contributed by atoms with Gasteiger partial charge in [0.25, 0.3) is 0 Å². The van der Waals surface area contributed by atoms with Gasteiger partial charge in [-0.15, -0.1) is 0 Å². The fourth-order valence-electron chi connectivity index (χ4n) is 3.65. The molecule has 0 spiro atoms. The quantitative estimate of drug-likeness (QED) is 0.450. The van der Waals surface area contributed by atoms with Crippen molar-refractivity contribution in [2.75, 3.05) is 5.32 Å². The van der Waals surface area contributed by atoms with Gasteiger partial charge in [0.05, 0.1) is 6.04 Å². The molecular formula is C23H23N3O5P+. The summed E-state index contributed by atoms with van der Waals surface area (Å²) in [4.78, 5) is 26.0. The number of nitrogens with zero attached hydrogens (tertiary/aromatic N) is 1. The molecule has 0 radical (unpaired) electrons. The van der Waals surface area contributed by atoms with Crippen molar-refractivity contribution in [3.05, 3.63) is 72.4 Å². The van der Waals surface area contributed by atoms with Gasteiger partial charge in [0.2, 0.25) is 5.30 Å². The topological polar surface area (TPSA) is 121 Å². The maximum Gasteiger partial charge on any atom is 0.546 e. The smallest absolute Gasteiger partial charge is 0.485 e. The third kappa shape index (κ3) is 4.48. The Morgan fingerprint density at radius 2 is 1.81 bits per heavy atom. The van der Waals surface area contributed by atoms with Crippen molar-refractivity contribution in [1.82, 2.24) is 10.3 Å². The third-order valence-electron chi connectivity index (χ3n) is 5.36.